The molecule has 0 heterocycles. The maximum absolute atomic E-state index is 6.78. The first-order chi connectivity index (χ1) is 10.2. The van der Waals surface area contributed by atoms with Crippen LogP contribution < -0.4 is 4.74 Å². The van der Waals surface area contributed by atoms with Crippen molar-refractivity contribution in [2.45, 2.75) is 31.1 Å². The molecule has 0 saturated heterocycles. The fraction of sp³-hybridized carbons (Fsp3) is 0.647. The van der Waals surface area contributed by atoms with Crippen LogP contribution in [0.15, 0.2) is 22.7 Å². The summed E-state index contributed by atoms with van der Waals surface area (Å²) in [5.74, 6) is 3.28. The Labute approximate surface area is 140 Å². The van der Waals surface area contributed by atoms with Crippen LogP contribution in [-0.4, -0.2) is 20.3 Å². The van der Waals surface area contributed by atoms with Gasteiger partial charge in [-0.05, 0) is 70.6 Å². The first-order valence-electron chi connectivity index (χ1n) is 7.74. The van der Waals surface area contributed by atoms with Crippen molar-refractivity contribution in [2.24, 2.45) is 17.8 Å². The second kappa shape index (κ2) is 6.89. The highest BCUT2D eigenvalue weighted by atomic mass is 79.9. The normalized spacial score (nSPS) is 28.8. The highest BCUT2D eigenvalue weighted by Gasteiger charge is 2.42. The van der Waals surface area contributed by atoms with Gasteiger partial charge in [-0.25, -0.2) is 0 Å². The molecule has 0 N–H and O–H groups in total. The molecule has 116 valence electrons. The lowest BCUT2D eigenvalue weighted by Gasteiger charge is -2.26. The maximum atomic E-state index is 6.78. The Bertz CT molecular complexity index is 494. The van der Waals surface area contributed by atoms with Gasteiger partial charge in [-0.2, -0.15) is 0 Å². The number of alkyl halides is 1. The molecule has 0 aliphatic heterocycles. The molecule has 1 aromatic rings. The number of halogens is 2. The monoisotopic (exact) mass is 372 g/mol. The Morgan fingerprint density at radius 2 is 2.14 bits per heavy atom. The summed E-state index contributed by atoms with van der Waals surface area (Å²) in [5, 5.41) is 0.129. The van der Waals surface area contributed by atoms with Crippen LogP contribution in [0.25, 0.3) is 0 Å². The van der Waals surface area contributed by atoms with E-state index in [0.717, 1.165) is 22.1 Å². The third kappa shape index (κ3) is 3.40. The van der Waals surface area contributed by atoms with Crippen LogP contribution in [-0.2, 0) is 4.74 Å². The molecule has 0 aromatic heterocycles. The van der Waals surface area contributed by atoms with Gasteiger partial charge in [-0.15, -0.1) is 11.6 Å². The van der Waals surface area contributed by atoms with E-state index in [1.165, 1.54) is 31.2 Å². The van der Waals surface area contributed by atoms with Gasteiger partial charge in [0.1, 0.15) is 12.4 Å². The van der Waals surface area contributed by atoms with E-state index in [1.54, 1.807) is 7.11 Å². The fourth-order valence-electron chi connectivity index (χ4n) is 3.94. The molecule has 2 saturated carbocycles. The van der Waals surface area contributed by atoms with Crippen LogP contribution in [0.3, 0.4) is 0 Å². The van der Waals surface area contributed by atoms with Gasteiger partial charge < -0.3 is 9.47 Å². The average molecular weight is 374 g/mol. The Morgan fingerprint density at radius 1 is 1.29 bits per heavy atom. The smallest absolute Gasteiger partial charge is 0.133 e. The molecular weight excluding hydrogens is 352 g/mol. The molecule has 3 rings (SSSR count). The van der Waals surface area contributed by atoms with Crippen LogP contribution in [0.2, 0.25) is 0 Å². The zero-order valence-corrected chi connectivity index (χ0v) is 14.7. The number of fused-ring (bicyclic) bond motifs is 2. The quantitative estimate of drug-likeness (QED) is 0.504. The van der Waals surface area contributed by atoms with Gasteiger partial charge in [-0.1, -0.05) is 12.5 Å². The summed E-state index contributed by atoms with van der Waals surface area (Å²) in [6.07, 6.45) is 5.49. The fourth-order valence-corrected chi connectivity index (χ4v) is 4.90. The second-order valence-corrected chi connectivity index (χ2v) is 7.60. The minimum Gasteiger partial charge on any atom is -0.490 e. The Hall–Kier alpha value is -0.250. The molecule has 21 heavy (non-hydrogen) atoms. The predicted octanol–water partition coefficient (Wildman–Crippen LogP) is 5.19. The van der Waals surface area contributed by atoms with Crippen molar-refractivity contribution in [3.63, 3.8) is 0 Å². The van der Waals surface area contributed by atoms with E-state index in [-0.39, 0.29) is 5.38 Å². The van der Waals surface area contributed by atoms with Crippen LogP contribution in [0.5, 0.6) is 5.75 Å². The van der Waals surface area contributed by atoms with Gasteiger partial charge in [0.25, 0.3) is 0 Å². The molecule has 1 aromatic carbocycles. The van der Waals surface area contributed by atoms with Crippen LogP contribution >= 0.6 is 27.5 Å². The Morgan fingerprint density at radius 3 is 2.76 bits per heavy atom. The third-order valence-corrected chi connectivity index (χ3v) is 6.18. The van der Waals surface area contributed by atoms with Crippen molar-refractivity contribution in [3.8, 4) is 5.75 Å². The lowest BCUT2D eigenvalue weighted by Crippen LogP contribution is -2.16. The minimum atomic E-state index is 0.129. The molecule has 4 atom stereocenters. The number of methoxy groups -OCH3 is 1. The molecule has 2 bridgehead atoms. The summed E-state index contributed by atoms with van der Waals surface area (Å²) in [6.45, 7) is 1.16. The van der Waals surface area contributed by atoms with E-state index in [4.69, 9.17) is 21.1 Å². The van der Waals surface area contributed by atoms with Crippen molar-refractivity contribution < 1.29 is 9.47 Å². The Kier molecular flexibility index (Phi) is 5.13. The molecular formula is C17H22BrClO2. The lowest BCUT2D eigenvalue weighted by molar-refractivity contribution is 0.146. The summed E-state index contributed by atoms with van der Waals surface area (Å²) in [7, 11) is 1.68. The van der Waals surface area contributed by atoms with Crippen molar-refractivity contribution >= 4 is 27.5 Å². The topological polar surface area (TPSA) is 18.5 Å². The van der Waals surface area contributed by atoms with Gasteiger partial charge in [0, 0.05) is 7.11 Å². The number of benzene rings is 1. The zero-order chi connectivity index (χ0) is 14.8. The van der Waals surface area contributed by atoms with Crippen molar-refractivity contribution in [1.82, 2.24) is 0 Å². The van der Waals surface area contributed by atoms with E-state index in [2.05, 4.69) is 28.1 Å². The summed E-state index contributed by atoms with van der Waals surface area (Å²) in [4.78, 5) is 0. The van der Waals surface area contributed by atoms with E-state index in [9.17, 15) is 0 Å². The highest BCUT2D eigenvalue weighted by Crippen LogP contribution is 2.54. The molecule has 0 spiro atoms. The Balaban J connectivity index is 1.66. The van der Waals surface area contributed by atoms with Gasteiger partial charge in [0.05, 0.1) is 16.5 Å². The van der Waals surface area contributed by atoms with Crippen LogP contribution in [0, 0.1) is 17.8 Å². The molecule has 4 unspecified atom stereocenters. The molecule has 4 heteroatoms. The third-order valence-electron chi connectivity index (χ3n) is 4.99. The van der Waals surface area contributed by atoms with Crippen LogP contribution in [0.1, 0.15) is 36.6 Å². The number of hydrogen-bond donors (Lipinski definition) is 0. The van der Waals surface area contributed by atoms with Gasteiger partial charge in [-0.3, -0.25) is 0 Å². The maximum Gasteiger partial charge on any atom is 0.133 e. The first-order valence-corrected chi connectivity index (χ1v) is 8.97. The molecule has 2 aliphatic rings. The second-order valence-electron chi connectivity index (χ2n) is 6.27. The average Bonchev–Trinajstić information content (AvgIpc) is 3.11. The molecule has 0 radical (unpaired) electrons. The molecule has 0 amide bonds. The standard InChI is InChI=1S/C17H22BrClO2/c1-20-6-7-21-16-5-4-13(10-15(16)18)17(19)14-9-11-2-3-12(14)8-11/h4-5,10-12,14,17H,2-3,6-9H2,1H3. The summed E-state index contributed by atoms with van der Waals surface area (Å²) >= 11 is 10.4. The van der Waals surface area contributed by atoms with E-state index >= 15 is 0 Å². The van der Waals surface area contributed by atoms with Gasteiger partial charge in [0.2, 0.25) is 0 Å². The lowest BCUT2D eigenvalue weighted by atomic mass is 9.84. The zero-order valence-electron chi connectivity index (χ0n) is 12.4. The minimum absolute atomic E-state index is 0.129. The van der Waals surface area contributed by atoms with E-state index in [1.807, 2.05) is 6.07 Å². The SMILES string of the molecule is COCCOc1ccc(C(Cl)C2CC3CCC2C3)cc1Br. The van der Waals surface area contributed by atoms with Crippen LogP contribution in [0.4, 0.5) is 0 Å². The first kappa shape index (κ1) is 15.6. The van der Waals surface area contributed by atoms with Gasteiger partial charge in [0.15, 0.2) is 0 Å². The van der Waals surface area contributed by atoms with Crippen molar-refractivity contribution in [1.29, 1.82) is 0 Å². The largest absolute Gasteiger partial charge is 0.490 e. The summed E-state index contributed by atoms with van der Waals surface area (Å²) in [5.41, 5.74) is 1.21. The molecule has 2 fully saturated rings. The molecule has 2 nitrogen and oxygen atoms in total. The number of ether oxygens (including phenoxy) is 2. The highest BCUT2D eigenvalue weighted by molar-refractivity contribution is 9.10. The van der Waals surface area contributed by atoms with Crippen molar-refractivity contribution in [3.05, 3.63) is 28.2 Å². The van der Waals surface area contributed by atoms with Crippen molar-refractivity contribution in [2.75, 3.05) is 20.3 Å². The summed E-state index contributed by atoms with van der Waals surface area (Å²) < 4.78 is 11.6. The predicted molar refractivity (Wildman–Crippen MR) is 89.0 cm³/mol. The van der Waals surface area contributed by atoms with E-state index < -0.39 is 0 Å². The van der Waals surface area contributed by atoms with Gasteiger partial charge >= 0.3 is 0 Å². The summed E-state index contributed by atoms with van der Waals surface area (Å²) in [6, 6.07) is 6.24. The molecule has 2 aliphatic carbocycles. The number of hydrogen-bond acceptors (Lipinski definition) is 2. The number of rotatable bonds is 6. The van der Waals surface area contributed by atoms with E-state index in [0.29, 0.717) is 19.1 Å².